The number of nitrogens with zero attached hydrogens (tertiary/aromatic N) is 3. The molecule has 1 saturated heterocycles. The van der Waals surface area contributed by atoms with Crippen molar-refractivity contribution in [3.05, 3.63) is 58.6 Å². The standard InChI is InChI=1S/C22H24N4O3/c1-22(2,3)23-20(28)24-12-14-11-17(24)18-19(27)26(21(29)25(14)18)16-10-6-8-13-7-4-5-9-15(13)16/h4-10,14,17,27H,11-12H2,1-3H3,(H,23,28)/t14-,17?/m1/s1. The molecule has 29 heavy (non-hydrogen) atoms. The van der Waals surface area contributed by atoms with E-state index in [1.807, 2.05) is 63.2 Å². The molecule has 3 heterocycles. The number of rotatable bonds is 1. The zero-order valence-corrected chi connectivity index (χ0v) is 16.7. The van der Waals surface area contributed by atoms with Gasteiger partial charge in [0.05, 0.1) is 17.8 Å². The van der Waals surface area contributed by atoms with Gasteiger partial charge in [0.25, 0.3) is 0 Å². The minimum atomic E-state index is -0.352. The lowest BCUT2D eigenvalue weighted by Crippen LogP contribution is -2.49. The van der Waals surface area contributed by atoms with Crippen LogP contribution in [0.1, 0.15) is 45.0 Å². The van der Waals surface area contributed by atoms with Crippen molar-refractivity contribution < 1.29 is 9.90 Å². The number of amides is 2. The number of imidazole rings is 1. The first kappa shape index (κ1) is 17.8. The van der Waals surface area contributed by atoms with E-state index in [4.69, 9.17) is 0 Å². The molecule has 2 atom stereocenters. The molecule has 150 valence electrons. The lowest BCUT2D eigenvalue weighted by Gasteiger charge is -2.31. The van der Waals surface area contributed by atoms with Gasteiger partial charge in [0, 0.05) is 17.5 Å². The molecule has 2 aliphatic heterocycles. The Morgan fingerprint density at radius 2 is 1.86 bits per heavy atom. The number of urea groups is 1. The summed E-state index contributed by atoms with van der Waals surface area (Å²) in [6.07, 6.45) is 0.659. The fourth-order valence-corrected chi connectivity index (χ4v) is 4.68. The van der Waals surface area contributed by atoms with Crippen molar-refractivity contribution in [3.8, 4) is 11.6 Å². The Morgan fingerprint density at radius 3 is 2.62 bits per heavy atom. The van der Waals surface area contributed by atoms with Gasteiger partial charge >= 0.3 is 11.7 Å². The second-order valence-corrected chi connectivity index (χ2v) is 8.93. The Bertz CT molecular complexity index is 1200. The molecule has 3 aromatic rings. The maximum atomic E-state index is 13.3. The molecule has 5 rings (SSSR count). The summed E-state index contributed by atoms with van der Waals surface area (Å²) in [6.45, 7) is 6.27. The third kappa shape index (κ3) is 2.57. The van der Waals surface area contributed by atoms with E-state index in [2.05, 4.69) is 5.32 Å². The average molecular weight is 392 g/mol. The second kappa shape index (κ2) is 5.89. The van der Waals surface area contributed by atoms with E-state index < -0.39 is 0 Å². The Hall–Kier alpha value is -3.22. The molecule has 0 saturated carbocycles. The molecule has 0 spiro atoms. The van der Waals surface area contributed by atoms with Crippen LogP contribution in [0.4, 0.5) is 4.79 Å². The van der Waals surface area contributed by atoms with Crippen molar-refractivity contribution in [1.82, 2.24) is 19.4 Å². The monoisotopic (exact) mass is 392 g/mol. The smallest absolute Gasteiger partial charge is 0.336 e. The Kier molecular flexibility index (Phi) is 3.62. The third-order valence-electron chi connectivity index (χ3n) is 5.81. The van der Waals surface area contributed by atoms with Crippen LogP contribution >= 0.6 is 0 Å². The van der Waals surface area contributed by atoms with Crippen LogP contribution in [-0.4, -0.2) is 37.3 Å². The van der Waals surface area contributed by atoms with Crippen LogP contribution in [0.3, 0.4) is 0 Å². The first-order valence-electron chi connectivity index (χ1n) is 9.89. The van der Waals surface area contributed by atoms with Crippen LogP contribution in [0.15, 0.2) is 47.3 Å². The number of aromatic nitrogens is 2. The molecule has 0 radical (unpaired) electrons. The molecule has 2 aliphatic rings. The number of aromatic hydroxyl groups is 1. The number of benzene rings is 2. The van der Waals surface area contributed by atoms with Crippen LogP contribution < -0.4 is 11.0 Å². The maximum absolute atomic E-state index is 13.3. The highest BCUT2D eigenvalue weighted by molar-refractivity contribution is 5.90. The molecule has 2 N–H and O–H groups in total. The second-order valence-electron chi connectivity index (χ2n) is 8.93. The zero-order valence-electron chi connectivity index (χ0n) is 16.7. The van der Waals surface area contributed by atoms with Crippen LogP contribution in [0.2, 0.25) is 0 Å². The largest absolute Gasteiger partial charge is 0.493 e. The summed E-state index contributed by atoms with van der Waals surface area (Å²) in [7, 11) is 0. The van der Waals surface area contributed by atoms with Crippen LogP contribution in [0.5, 0.6) is 5.88 Å². The minimum absolute atomic E-state index is 0.0767. The van der Waals surface area contributed by atoms with E-state index in [0.717, 1.165) is 10.8 Å². The maximum Gasteiger partial charge on any atom is 0.336 e. The minimum Gasteiger partial charge on any atom is -0.493 e. The molecule has 2 aromatic carbocycles. The lowest BCUT2D eigenvalue weighted by atomic mass is 10.1. The number of likely N-dealkylation sites (tertiary alicyclic amines) is 1. The molecule has 1 fully saturated rings. The number of carbonyl (C=O) groups is 1. The fraction of sp³-hybridized carbons (Fsp3) is 0.364. The number of carbonyl (C=O) groups excluding carboxylic acids is 1. The highest BCUT2D eigenvalue weighted by Crippen LogP contribution is 2.48. The summed E-state index contributed by atoms with van der Waals surface area (Å²) in [4.78, 5) is 27.7. The van der Waals surface area contributed by atoms with Crippen molar-refractivity contribution >= 4 is 16.8 Å². The molecule has 1 unspecified atom stereocenters. The van der Waals surface area contributed by atoms with Crippen LogP contribution in [-0.2, 0) is 0 Å². The summed E-state index contributed by atoms with van der Waals surface area (Å²) >= 11 is 0. The molecule has 7 heteroatoms. The predicted octanol–water partition coefficient (Wildman–Crippen LogP) is 3.31. The molecular weight excluding hydrogens is 368 g/mol. The van der Waals surface area contributed by atoms with E-state index in [1.165, 1.54) is 4.57 Å². The van der Waals surface area contributed by atoms with Gasteiger partial charge in [-0.15, -0.1) is 0 Å². The van der Waals surface area contributed by atoms with Gasteiger partial charge in [-0.2, -0.15) is 0 Å². The summed E-state index contributed by atoms with van der Waals surface area (Å²) in [5, 5.41) is 16.0. The summed E-state index contributed by atoms with van der Waals surface area (Å²) in [6, 6.07) is 12.9. The van der Waals surface area contributed by atoms with Crippen LogP contribution in [0, 0.1) is 0 Å². The molecule has 1 aromatic heterocycles. The van der Waals surface area contributed by atoms with Crippen molar-refractivity contribution in [2.75, 3.05) is 6.54 Å². The van der Waals surface area contributed by atoms with Crippen LogP contribution in [0.25, 0.3) is 16.5 Å². The molecule has 7 nitrogen and oxygen atoms in total. The Balaban J connectivity index is 1.62. The predicted molar refractivity (Wildman–Crippen MR) is 111 cm³/mol. The van der Waals surface area contributed by atoms with Gasteiger partial charge in [-0.1, -0.05) is 36.4 Å². The van der Waals surface area contributed by atoms with Crippen molar-refractivity contribution in [2.24, 2.45) is 0 Å². The topological polar surface area (TPSA) is 79.5 Å². The molecule has 2 bridgehead atoms. The van der Waals surface area contributed by atoms with Gasteiger partial charge in [0.1, 0.15) is 5.69 Å². The SMILES string of the molecule is CC(C)(C)NC(=O)N1C[C@H]2CC1c1c(O)n(-c3cccc4ccccc34)c(=O)n12. The summed E-state index contributed by atoms with van der Waals surface area (Å²) in [5.41, 5.74) is 0.577. The first-order chi connectivity index (χ1) is 13.8. The van der Waals surface area contributed by atoms with Crippen molar-refractivity contribution in [1.29, 1.82) is 0 Å². The number of fused-ring (bicyclic) bond motifs is 6. The van der Waals surface area contributed by atoms with Gasteiger partial charge in [-0.05, 0) is 38.6 Å². The van der Waals surface area contributed by atoms with E-state index in [1.54, 1.807) is 9.47 Å². The normalized spacial score (nSPS) is 20.3. The Morgan fingerprint density at radius 1 is 1.14 bits per heavy atom. The highest BCUT2D eigenvalue weighted by atomic mass is 16.3. The average Bonchev–Trinajstić information content (AvgIpc) is 3.32. The number of hydrogen-bond donors (Lipinski definition) is 2. The van der Waals surface area contributed by atoms with Crippen molar-refractivity contribution in [3.63, 3.8) is 0 Å². The lowest BCUT2D eigenvalue weighted by molar-refractivity contribution is 0.175. The molecule has 2 amide bonds. The quantitative estimate of drug-likeness (QED) is 0.667. The third-order valence-corrected chi connectivity index (χ3v) is 5.81. The highest BCUT2D eigenvalue weighted by Gasteiger charge is 2.49. The fourth-order valence-electron chi connectivity index (χ4n) is 4.68. The molecule has 0 aliphatic carbocycles. The van der Waals surface area contributed by atoms with Gasteiger partial charge in [-0.3, -0.25) is 4.57 Å². The van der Waals surface area contributed by atoms with Gasteiger partial charge in [0.15, 0.2) is 0 Å². The summed E-state index contributed by atoms with van der Waals surface area (Å²) in [5.74, 6) is -0.0767. The number of nitrogens with one attached hydrogen (secondary N) is 1. The van der Waals surface area contributed by atoms with Gasteiger partial charge in [-0.25, -0.2) is 14.2 Å². The van der Waals surface area contributed by atoms with Gasteiger partial charge in [0.2, 0.25) is 5.88 Å². The Labute approximate surface area is 168 Å². The first-order valence-corrected chi connectivity index (χ1v) is 9.89. The van der Waals surface area contributed by atoms with E-state index in [9.17, 15) is 14.7 Å². The van der Waals surface area contributed by atoms with E-state index >= 15 is 0 Å². The van der Waals surface area contributed by atoms with Gasteiger partial charge < -0.3 is 15.3 Å². The number of hydrogen-bond acceptors (Lipinski definition) is 3. The molecular formula is C22H24N4O3. The van der Waals surface area contributed by atoms with Crippen molar-refractivity contribution in [2.45, 2.75) is 44.8 Å². The zero-order chi connectivity index (χ0) is 20.5. The van der Waals surface area contributed by atoms with E-state index in [0.29, 0.717) is 24.3 Å². The van der Waals surface area contributed by atoms with E-state index in [-0.39, 0.29) is 35.2 Å². The summed E-state index contributed by atoms with van der Waals surface area (Å²) < 4.78 is 3.05.